The van der Waals surface area contributed by atoms with Crippen molar-refractivity contribution in [3.8, 4) is 0 Å². The molecular weight excluding hydrogens is 420 g/mol. The molecule has 32 heavy (non-hydrogen) atoms. The van der Waals surface area contributed by atoms with Crippen molar-refractivity contribution in [2.24, 2.45) is 11.7 Å². The fraction of sp³-hybridized carbons (Fsp3) is 0.591. The number of carbonyl (C=O) groups is 2. The molecule has 2 aliphatic rings. The molecule has 2 fully saturated rings. The van der Waals surface area contributed by atoms with Gasteiger partial charge in [-0.2, -0.15) is 0 Å². The first-order valence-corrected chi connectivity index (χ1v) is 11.2. The molecule has 1 aromatic heterocycles. The zero-order chi connectivity index (χ0) is 22.7. The molecule has 4 rings (SSSR count). The molecule has 0 unspecified atom stereocenters. The van der Waals surface area contributed by atoms with E-state index in [9.17, 15) is 18.4 Å². The number of fused-ring (bicyclic) bond motifs is 1. The fourth-order valence-corrected chi connectivity index (χ4v) is 4.77. The molecule has 8 nitrogen and oxygen atoms in total. The topological polar surface area (TPSA) is 105 Å². The third-order valence-corrected chi connectivity index (χ3v) is 6.54. The van der Waals surface area contributed by atoms with Crippen LogP contribution in [0.4, 0.5) is 14.6 Å². The Morgan fingerprint density at radius 3 is 2.53 bits per heavy atom. The average molecular weight is 450 g/mol. The van der Waals surface area contributed by atoms with Gasteiger partial charge in [-0.3, -0.25) is 14.5 Å². The van der Waals surface area contributed by atoms with Crippen LogP contribution in [-0.2, 0) is 9.59 Å². The van der Waals surface area contributed by atoms with Crippen molar-refractivity contribution in [2.45, 2.75) is 44.6 Å². The van der Waals surface area contributed by atoms with Crippen LogP contribution in [0.15, 0.2) is 16.7 Å². The van der Waals surface area contributed by atoms with Gasteiger partial charge in [-0.1, -0.05) is 5.16 Å². The molecule has 1 aliphatic carbocycles. The molecule has 1 aromatic carbocycles. The second kappa shape index (κ2) is 9.81. The Kier molecular flexibility index (Phi) is 6.88. The Morgan fingerprint density at radius 2 is 1.84 bits per heavy atom. The van der Waals surface area contributed by atoms with Gasteiger partial charge in [0.1, 0.15) is 12.2 Å². The van der Waals surface area contributed by atoms with Gasteiger partial charge in [0.25, 0.3) is 0 Å². The smallest absolute Gasteiger partial charge is 0.229 e. The summed E-state index contributed by atoms with van der Waals surface area (Å²) in [7, 11) is 0. The number of rotatable bonds is 7. The van der Waals surface area contributed by atoms with Gasteiger partial charge in [-0.25, -0.2) is 8.78 Å². The minimum Gasteiger partial charge on any atom is -0.369 e. The summed E-state index contributed by atoms with van der Waals surface area (Å²) >= 11 is 0. The number of benzene rings is 1. The first-order chi connectivity index (χ1) is 15.4. The van der Waals surface area contributed by atoms with Crippen LogP contribution >= 0.6 is 0 Å². The van der Waals surface area contributed by atoms with Crippen molar-refractivity contribution in [2.75, 3.05) is 37.6 Å². The number of nitrogens with one attached hydrogen (secondary N) is 1. The van der Waals surface area contributed by atoms with Crippen molar-refractivity contribution in [1.29, 1.82) is 0 Å². The van der Waals surface area contributed by atoms with E-state index in [4.69, 9.17) is 10.3 Å². The first-order valence-electron chi connectivity index (χ1n) is 11.2. The standard InChI is InChI=1S/C22H29F2N5O3/c23-15-11-17-21(18(24)12-15)32-27-22(17)29-9-7-28(8-10-29)6-5-14-1-3-16(4-2-14)26-20(31)13-19(25)30/h11-12,14,16H,1-10,13H2,(H2,25,30)(H,26,31). The highest BCUT2D eigenvalue weighted by Crippen LogP contribution is 2.30. The van der Waals surface area contributed by atoms with E-state index in [0.717, 1.165) is 70.9 Å². The zero-order valence-corrected chi connectivity index (χ0v) is 18.0. The fourth-order valence-electron chi connectivity index (χ4n) is 4.77. The summed E-state index contributed by atoms with van der Waals surface area (Å²) in [5, 5.41) is 7.25. The lowest BCUT2D eigenvalue weighted by Gasteiger charge is -2.36. The summed E-state index contributed by atoms with van der Waals surface area (Å²) in [6, 6.07) is 2.20. The van der Waals surface area contributed by atoms with E-state index in [1.807, 2.05) is 4.90 Å². The lowest BCUT2D eigenvalue weighted by Crippen LogP contribution is -2.47. The number of primary amides is 1. The molecule has 1 aliphatic heterocycles. The zero-order valence-electron chi connectivity index (χ0n) is 18.0. The summed E-state index contributed by atoms with van der Waals surface area (Å²) in [6.07, 6.45) is 4.82. The van der Waals surface area contributed by atoms with Crippen LogP contribution in [0, 0.1) is 17.6 Å². The second-order valence-corrected chi connectivity index (χ2v) is 8.82. The molecule has 1 saturated heterocycles. The van der Waals surface area contributed by atoms with Crippen LogP contribution in [0.1, 0.15) is 38.5 Å². The molecule has 10 heteroatoms. The number of anilines is 1. The van der Waals surface area contributed by atoms with E-state index in [1.54, 1.807) is 0 Å². The van der Waals surface area contributed by atoms with E-state index in [0.29, 0.717) is 17.1 Å². The predicted octanol–water partition coefficient (Wildman–Crippen LogP) is 2.17. The number of amides is 2. The Labute approximate surface area is 185 Å². The molecule has 2 amide bonds. The minimum absolute atomic E-state index is 0.00903. The average Bonchev–Trinajstić information content (AvgIpc) is 3.17. The van der Waals surface area contributed by atoms with Gasteiger partial charge in [0.05, 0.1) is 5.39 Å². The van der Waals surface area contributed by atoms with Gasteiger partial charge in [0.2, 0.25) is 17.4 Å². The van der Waals surface area contributed by atoms with Crippen molar-refractivity contribution in [3.63, 3.8) is 0 Å². The SMILES string of the molecule is NC(=O)CC(=O)NC1CCC(CCN2CCN(c3noc4c(F)cc(F)cc34)CC2)CC1. The van der Waals surface area contributed by atoms with Crippen LogP contribution in [0.3, 0.4) is 0 Å². The molecule has 0 spiro atoms. The monoisotopic (exact) mass is 449 g/mol. The first kappa shape index (κ1) is 22.4. The number of aromatic nitrogens is 1. The summed E-state index contributed by atoms with van der Waals surface area (Å²) < 4.78 is 32.6. The quantitative estimate of drug-likeness (QED) is 0.628. The van der Waals surface area contributed by atoms with Crippen LogP contribution in [0.2, 0.25) is 0 Å². The largest absolute Gasteiger partial charge is 0.369 e. The lowest BCUT2D eigenvalue weighted by molar-refractivity contribution is -0.128. The van der Waals surface area contributed by atoms with Crippen LogP contribution < -0.4 is 16.0 Å². The Bertz CT molecular complexity index is 966. The van der Waals surface area contributed by atoms with Crippen molar-refractivity contribution >= 4 is 28.6 Å². The number of hydrogen-bond donors (Lipinski definition) is 2. The third kappa shape index (κ3) is 5.35. The van der Waals surface area contributed by atoms with Gasteiger partial charge in [0, 0.05) is 38.3 Å². The second-order valence-electron chi connectivity index (χ2n) is 8.82. The van der Waals surface area contributed by atoms with E-state index >= 15 is 0 Å². The summed E-state index contributed by atoms with van der Waals surface area (Å²) in [5.41, 5.74) is 5.05. The van der Waals surface area contributed by atoms with E-state index in [1.165, 1.54) is 6.07 Å². The molecule has 3 N–H and O–H groups in total. The van der Waals surface area contributed by atoms with Gasteiger partial charge in [0.15, 0.2) is 11.6 Å². The van der Waals surface area contributed by atoms with Crippen LogP contribution in [-0.4, -0.2) is 60.6 Å². The van der Waals surface area contributed by atoms with E-state index < -0.39 is 17.5 Å². The highest BCUT2D eigenvalue weighted by molar-refractivity contribution is 5.96. The molecular formula is C22H29F2N5O3. The van der Waals surface area contributed by atoms with Gasteiger partial charge in [-0.15, -0.1) is 0 Å². The van der Waals surface area contributed by atoms with Crippen molar-refractivity contribution in [3.05, 3.63) is 23.8 Å². The number of hydrogen-bond acceptors (Lipinski definition) is 6. The highest BCUT2D eigenvalue weighted by Gasteiger charge is 2.26. The molecule has 174 valence electrons. The molecule has 0 bridgehead atoms. The van der Waals surface area contributed by atoms with Crippen molar-refractivity contribution < 1.29 is 22.9 Å². The maximum atomic E-state index is 13.9. The molecule has 2 heterocycles. The molecule has 2 aromatic rings. The number of carbonyl (C=O) groups excluding carboxylic acids is 2. The summed E-state index contributed by atoms with van der Waals surface area (Å²) in [6.45, 7) is 4.15. The van der Waals surface area contributed by atoms with Crippen LogP contribution in [0.25, 0.3) is 11.0 Å². The Balaban J connectivity index is 1.20. The normalized spacial score (nSPS) is 22.2. The van der Waals surface area contributed by atoms with E-state index in [2.05, 4.69) is 15.4 Å². The molecule has 0 radical (unpaired) electrons. The number of nitrogens with two attached hydrogens (primary N) is 1. The van der Waals surface area contributed by atoms with Crippen molar-refractivity contribution in [1.82, 2.24) is 15.4 Å². The summed E-state index contributed by atoms with van der Waals surface area (Å²) in [5.74, 6) is -1.14. The maximum absolute atomic E-state index is 13.9. The Morgan fingerprint density at radius 1 is 1.12 bits per heavy atom. The van der Waals surface area contributed by atoms with Crippen LogP contribution in [0.5, 0.6) is 0 Å². The predicted molar refractivity (Wildman–Crippen MR) is 115 cm³/mol. The highest BCUT2D eigenvalue weighted by atomic mass is 19.1. The van der Waals surface area contributed by atoms with E-state index in [-0.39, 0.29) is 24.0 Å². The number of halogens is 2. The third-order valence-electron chi connectivity index (χ3n) is 6.54. The molecule has 0 atom stereocenters. The summed E-state index contributed by atoms with van der Waals surface area (Å²) in [4.78, 5) is 26.9. The lowest BCUT2D eigenvalue weighted by atomic mass is 9.84. The van der Waals surface area contributed by atoms with Gasteiger partial charge in [-0.05, 0) is 50.6 Å². The van der Waals surface area contributed by atoms with Gasteiger partial charge < -0.3 is 20.5 Å². The number of nitrogens with zero attached hydrogens (tertiary/aromatic N) is 3. The number of piperazine rings is 1. The minimum atomic E-state index is -0.737. The molecule has 1 saturated carbocycles. The maximum Gasteiger partial charge on any atom is 0.229 e. The Hall–Kier alpha value is -2.75. The van der Waals surface area contributed by atoms with Gasteiger partial charge >= 0.3 is 0 Å².